The molecule has 0 bridgehead atoms. The second kappa shape index (κ2) is 62.0. The molecule has 1 aliphatic rings. The molecule has 20 amide bonds. The third kappa shape index (κ3) is 45.1. The van der Waals surface area contributed by atoms with Crippen molar-refractivity contribution in [1.82, 2.24) is 101 Å². The standard InChI is InChI=1S/C82H128N22O36S/c1-35(2)22-45(93-72(129)48(25-59(116)117)91-58(115)32-87-55(112)29-88-68(125)43(12-9-10-19-83)90-57(114)31-86-56(113)30-89-69(126)44(18-21-141-8)92-78(135)64(37(5)107)101-67(124)42(84)33-105)70(127)94-46(23-40-14-16-41(110)17-15-40)75(132)102-66(39(7)109)80(137)100-63(36(3)4)77(134)103-65(38(6)108)79(136)97-47(24-54(85)111)71(128)99-52(34-106)76(133)96-49(26-60(118)119)73(130)95-50(27-61(120)121)74(131)98-51(28-62(122)123)81(138)104-20-11-13-53(104)82(139)140/h14-17,35-39,42-53,63-66,105-110H,9-13,18-34,83-84H2,1-8H3,(H2,85,111)(H,86,113)(H,87,112)(H,88,125)(H,89,126)(H,90,114)(H,91,115)(H,92,135)(H,93,129)(H,94,127)(H,95,130)(H,96,133)(H,97,136)(H,98,131)(H,99,128)(H,100,137)(H,101,124)(H,102,132)(H,103,134)(H,116,117)(H,118,119)(H,120,121)(H,122,123)(H,139,140)/t37-,38-,39-,42+,43+,44+,45+,46+,47+,48+,49+,50+,51+,52+,53+,63+,64+,65+,66+/m1/s1. The van der Waals surface area contributed by atoms with Crippen LogP contribution in [0.3, 0.4) is 0 Å². The molecule has 141 heavy (non-hydrogen) atoms. The van der Waals surface area contributed by atoms with E-state index in [1.807, 2.05) is 26.6 Å². The Balaban J connectivity index is 2.33. The molecule has 0 spiro atoms. The highest BCUT2D eigenvalue weighted by atomic mass is 32.2. The largest absolute Gasteiger partial charge is 0.508 e. The lowest BCUT2D eigenvalue weighted by atomic mass is 9.99. The number of thioether (sulfide) groups is 1. The van der Waals surface area contributed by atoms with Gasteiger partial charge in [-0.1, -0.05) is 39.8 Å². The van der Waals surface area contributed by atoms with Gasteiger partial charge in [0.05, 0.1) is 89.8 Å². The van der Waals surface area contributed by atoms with E-state index in [1.54, 1.807) is 20.1 Å². The summed E-state index contributed by atoms with van der Waals surface area (Å²) in [5.41, 5.74) is 16.7. The number of carboxylic acid groups (broad SMARTS) is 5. The van der Waals surface area contributed by atoms with Gasteiger partial charge in [0.15, 0.2) is 0 Å². The Hall–Kier alpha value is -14.2. The van der Waals surface area contributed by atoms with Gasteiger partial charge in [-0.05, 0) is 114 Å². The van der Waals surface area contributed by atoms with Gasteiger partial charge in [-0.3, -0.25) is 115 Å². The Bertz CT molecular complexity index is 4590. The van der Waals surface area contributed by atoms with Crippen LogP contribution in [0.2, 0.25) is 0 Å². The number of carbonyl (C=O) groups is 25. The molecule has 0 saturated carbocycles. The van der Waals surface area contributed by atoms with Gasteiger partial charge in [-0.2, -0.15) is 11.8 Å². The first-order valence-electron chi connectivity index (χ1n) is 44.0. The van der Waals surface area contributed by atoms with E-state index < -0.39 is 353 Å². The quantitative estimate of drug-likeness (QED) is 0.0269. The van der Waals surface area contributed by atoms with Crippen LogP contribution < -0.4 is 113 Å². The van der Waals surface area contributed by atoms with E-state index in [0.717, 1.165) is 18.7 Å². The molecule has 19 atom stereocenters. The van der Waals surface area contributed by atoms with Crippen molar-refractivity contribution in [2.24, 2.45) is 29.0 Å². The number of primary amides is 1. The molecule has 0 radical (unpaired) electrons. The maximum absolute atomic E-state index is 14.6. The topological polar surface area (TPSA) is 947 Å². The molecule has 788 valence electrons. The number of unbranched alkanes of at least 4 members (excludes halogenated alkanes) is 1. The number of phenolic OH excluding ortho intramolecular Hbond substituents is 1. The van der Waals surface area contributed by atoms with Gasteiger partial charge in [0.25, 0.3) is 0 Å². The summed E-state index contributed by atoms with van der Waals surface area (Å²) in [6.45, 7) is 3.28. The van der Waals surface area contributed by atoms with Crippen LogP contribution in [0.25, 0.3) is 0 Å². The molecule has 1 aromatic rings. The van der Waals surface area contributed by atoms with Gasteiger partial charge >= 0.3 is 29.8 Å². The number of aromatic hydroxyl groups is 1. The molecule has 1 fully saturated rings. The van der Waals surface area contributed by atoms with Gasteiger partial charge in [0.1, 0.15) is 102 Å². The summed E-state index contributed by atoms with van der Waals surface area (Å²) in [6, 6.07) is -25.1. The third-order valence-electron chi connectivity index (χ3n) is 20.6. The average Bonchev–Trinajstić information content (AvgIpc) is 1.78. The van der Waals surface area contributed by atoms with E-state index in [2.05, 4.69) is 69.1 Å². The van der Waals surface area contributed by atoms with Crippen LogP contribution in [0.4, 0.5) is 0 Å². The molecular formula is C82H128N22O36S. The fourth-order valence-electron chi connectivity index (χ4n) is 13.2. The molecule has 2 rings (SSSR count). The molecule has 0 aliphatic carbocycles. The van der Waals surface area contributed by atoms with Crippen LogP contribution in [0.5, 0.6) is 5.75 Å². The van der Waals surface area contributed by atoms with Gasteiger partial charge in [0, 0.05) is 13.0 Å². The van der Waals surface area contributed by atoms with E-state index in [0.29, 0.717) is 12.2 Å². The number of hydrogen-bond acceptors (Lipinski definition) is 34. The van der Waals surface area contributed by atoms with Crippen molar-refractivity contribution in [1.29, 1.82) is 0 Å². The fraction of sp³-hybridized carbons (Fsp3) is 0.622. The third-order valence-corrected chi connectivity index (χ3v) is 21.3. The number of carboxylic acids is 5. The highest BCUT2D eigenvalue weighted by Crippen LogP contribution is 2.21. The molecule has 58 nitrogen and oxygen atoms in total. The second-order valence-corrected chi connectivity index (χ2v) is 34.2. The number of phenols is 1. The number of nitrogens with zero attached hydrogens (tertiary/aromatic N) is 1. The molecule has 1 aliphatic heterocycles. The van der Waals surface area contributed by atoms with Crippen molar-refractivity contribution in [3.63, 3.8) is 0 Å². The summed E-state index contributed by atoms with van der Waals surface area (Å²) < 4.78 is 0. The highest BCUT2D eigenvalue weighted by molar-refractivity contribution is 7.98. The summed E-state index contributed by atoms with van der Waals surface area (Å²) in [4.78, 5) is 331. The number of hydrogen-bond donors (Lipinski definition) is 32. The van der Waals surface area contributed by atoms with Crippen LogP contribution in [0.1, 0.15) is 131 Å². The Morgan fingerprint density at radius 3 is 1.18 bits per heavy atom. The fourth-order valence-corrected chi connectivity index (χ4v) is 13.7. The number of likely N-dealkylation sites (tertiary alicyclic amines) is 1. The smallest absolute Gasteiger partial charge is 0.326 e. The summed E-state index contributed by atoms with van der Waals surface area (Å²) in [5, 5.41) is 149. The Morgan fingerprint density at radius 1 is 0.397 bits per heavy atom. The molecule has 1 heterocycles. The SMILES string of the molecule is CSCC[C@H](NC(=O)[C@@H](NC(=O)[C@@H](N)CO)[C@@H](C)O)C(=O)NCC(=O)NCC(=O)N[C@@H](CCCCN)C(=O)NCC(=O)NCC(=O)N[C@@H](CC(=O)O)C(=O)N[C@@H](CC(C)C)C(=O)N[C@@H](Cc1ccc(O)cc1)C(=O)N[C@H](C(=O)N[C@H](C(=O)N[C@H](C(=O)N[C@@H](CC(N)=O)C(=O)N[C@@H](CO)C(=O)N[C@@H](CC(=O)O)C(=O)N[C@@H](CC(=O)O)C(=O)N[C@@H](CC(=O)O)C(=O)N1CCC[C@H]1C(=O)O)[C@@H](C)O)C(C)C)[C@@H](C)O. The highest BCUT2D eigenvalue weighted by Gasteiger charge is 2.44. The summed E-state index contributed by atoms with van der Waals surface area (Å²) in [5.74, 6) is -35.0. The average molecular weight is 2030 g/mol. The van der Waals surface area contributed by atoms with Crippen molar-refractivity contribution in [3.8, 4) is 5.75 Å². The number of rotatable bonds is 65. The van der Waals surface area contributed by atoms with E-state index in [4.69, 9.17) is 17.2 Å². The van der Waals surface area contributed by atoms with Crippen molar-refractivity contribution in [3.05, 3.63) is 29.8 Å². The van der Waals surface area contributed by atoms with Crippen LogP contribution >= 0.6 is 11.8 Å². The lowest BCUT2D eigenvalue weighted by Gasteiger charge is -2.30. The maximum Gasteiger partial charge on any atom is 0.326 e. The van der Waals surface area contributed by atoms with Crippen molar-refractivity contribution < 1.29 is 176 Å². The summed E-state index contributed by atoms with van der Waals surface area (Å²) >= 11 is 1.29. The normalized spacial score (nSPS) is 16.0. The van der Waals surface area contributed by atoms with E-state index in [-0.39, 0.29) is 62.9 Å². The lowest BCUT2D eigenvalue weighted by Crippen LogP contribution is -2.64. The van der Waals surface area contributed by atoms with Crippen LogP contribution in [0.15, 0.2) is 24.3 Å². The molecular weight excluding hydrogens is 1900 g/mol. The molecule has 0 unspecified atom stereocenters. The van der Waals surface area contributed by atoms with Crippen LogP contribution in [-0.2, 0) is 126 Å². The molecule has 1 saturated heterocycles. The predicted octanol–water partition coefficient (Wildman–Crippen LogP) is -14.9. The number of aliphatic hydroxyl groups excluding tert-OH is 5. The van der Waals surface area contributed by atoms with Crippen molar-refractivity contribution in [2.45, 2.75) is 247 Å². The van der Waals surface area contributed by atoms with Crippen LogP contribution in [0, 0.1) is 11.8 Å². The minimum Gasteiger partial charge on any atom is -0.508 e. The Kier molecular flexibility index (Phi) is 54.1. The number of aliphatic carboxylic acids is 5. The van der Waals surface area contributed by atoms with Gasteiger partial charge in [-0.15, -0.1) is 0 Å². The van der Waals surface area contributed by atoms with Crippen molar-refractivity contribution >= 4 is 160 Å². The van der Waals surface area contributed by atoms with E-state index in [9.17, 15) is 176 Å². The predicted molar refractivity (Wildman–Crippen MR) is 483 cm³/mol. The zero-order chi connectivity index (χ0) is 107. The number of aliphatic hydroxyl groups is 5. The van der Waals surface area contributed by atoms with Gasteiger partial charge in [0.2, 0.25) is 118 Å². The number of benzene rings is 1. The lowest BCUT2D eigenvalue weighted by molar-refractivity contribution is -0.151. The zero-order valence-corrected chi connectivity index (χ0v) is 79.0. The molecule has 35 N–H and O–H groups in total. The minimum absolute atomic E-state index is 0.00457. The van der Waals surface area contributed by atoms with E-state index in [1.165, 1.54) is 56.8 Å². The molecule has 1 aromatic carbocycles. The minimum atomic E-state index is -2.36. The van der Waals surface area contributed by atoms with Gasteiger partial charge in [-0.25, -0.2) is 4.79 Å². The monoisotopic (exact) mass is 2030 g/mol. The Morgan fingerprint density at radius 2 is 0.752 bits per heavy atom. The first-order chi connectivity index (χ1) is 66.0. The first kappa shape index (κ1) is 123. The zero-order valence-electron chi connectivity index (χ0n) is 78.2. The molecule has 0 aromatic heterocycles. The number of amides is 20. The summed E-state index contributed by atoms with van der Waals surface area (Å²) in [7, 11) is 0. The maximum atomic E-state index is 14.6. The van der Waals surface area contributed by atoms with Crippen LogP contribution in [-0.4, -0.2) is 389 Å². The first-order valence-corrected chi connectivity index (χ1v) is 45.4. The number of carbonyl (C=O) groups excluding carboxylic acids is 20. The van der Waals surface area contributed by atoms with E-state index >= 15 is 0 Å². The second-order valence-electron chi connectivity index (χ2n) is 33.3. The number of nitrogens with one attached hydrogen (secondary N) is 18. The van der Waals surface area contributed by atoms with Crippen molar-refractivity contribution in [2.75, 3.05) is 64.5 Å². The Labute approximate surface area is 809 Å². The van der Waals surface area contributed by atoms with Gasteiger partial charge < -0.3 is 174 Å². The number of nitrogens with two attached hydrogens (primary N) is 3. The summed E-state index contributed by atoms with van der Waals surface area (Å²) in [6.07, 6.45) is -10.2. The molecule has 59 heteroatoms.